The van der Waals surface area contributed by atoms with Crippen molar-refractivity contribution >= 4 is 28.2 Å². The van der Waals surface area contributed by atoms with Crippen LogP contribution in [-0.4, -0.2) is 32.7 Å². The van der Waals surface area contributed by atoms with Crippen molar-refractivity contribution in [3.05, 3.63) is 48.4 Å². The number of benzene rings is 1. The summed E-state index contributed by atoms with van der Waals surface area (Å²) < 4.78 is 3.64. The van der Waals surface area contributed by atoms with Crippen molar-refractivity contribution in [3.8, 4) is 5.69 Å². The fourth-order valence-corrected chi connectivity index (χ4v) is 2.85. The first-order valence-corrected chi connectivity index (χ1v) is 7.54. The van der Waals surface area contributed by atoms with Crippen molar-refractivity contribution in [2.24, 2.45) is 7.05 Å². The zero-order chi connectivity index (χ0) is 15.7. The molecule has 0 radical (unpaired) electrons. The molecule has 0 fully saturated rings. The number of aryl methyl sites for hydroxylation is 1. The molecule has 0 N–H and O–H groups in total. The highest BCUT2D eigenvalue weighted by Gasteiger charge is 2.13. The van der Waals surface area contributed by atoms with Gasteiger partial charge in [0.05, 0.1) is 34.8 Å². The average molecular weight is 316 g/mol. The minimum Gasteiger partial charge on any atom is -0.367 e. The maximum atomic E-state index is 6.44. The maximum Gasteiger partial charge on any atom is 0.103 e. The molecule has 2 heterocycles. The molecule has 0 unspecified atom stereocenters. The van der Waals surface area contributed by atoms with Gasteiger partial charge in [-0.2, -0.15) is 10.2 Å². The lowest BCUT2D eigenvalue weighted by Crippen LogP contribution is -2.22. The first kappa shape index (κ1) is 14.7. The first-order valence-electron chi connectivity index (χ1n) is 7.16. The SMILES string of the molecule is C=CCN(CC)c1cc2c(cnn2-c2cnn(C)c2)cc1Cl. The number of fused-ring (bicyclic) bond motifs is 1. The molecule has 0 saturated heterocycles. The summed E-state index contributed by atoms with van der Waals surface area (Å²) in [6.07, 6.45) is 7.42. The Morgan fingerprint density at radius 2 is 2.14 bits per heavy atom. The van der Waals surface area contributed by atoms with Crippen molar-refractivity contribution in [2.75, 3.05) is 18.0 Å². The summed E-state index contributed by atoms with van der Waals surface area (Å²) in [6.45, 7) is 7.52. The Hall–Kier alpha value is -2.27. The van der Waals surface area contributed by atoms with Crippen molar-refractivity contribution < 1.29 is 0 Å². The number of hydrogen-bond donors (Lipinski definition) is 0. The zero-order valence-corrected chi connectivity index (χ0v) is 13.5. The minimum absolute atomic E-state index is 0.724. The average Bonchev–Trinajstić information content (AvgIpc) is 3.10. The van der Waals surface area contributed by atoms with Crippen LogP contribution in [0.5, 0.6) is 0 Å². The molecule has 0 spiro atoms. The minimum atomic E-state index is 0.724. The number of rotatable bonds is 5. The molecule has 2 aromatic heterocycles. The van der Waals surface area contributed by atoms with Crippen LogP contribution in [-0.2, 0) is 7.05 Å². The number of aromatic nitrogens is 4. The number of likely N-dealkylation sites (N-methyl/N-ethyl adjacent to an activating group) is 1. The van der Waals surface area contributed by atoms with E-state index in [1.807, 2.05) is 36.3 Å². The van der Waals surface area contributed by atoms with E-state index in [1.54, 1.807) is 10.9 Å². The van der Waals surface area contributed by atoms with Gasteiger partial charge >= 0.3 is 0 Å². The third kappa shape index (κ3) is 2.48. The smallest absolute Gasteiger partial charge is 0.103 e. The van der Waals surface area contributed by atoms with E-state index in [0.29, 0.717) is 0 Å². The van der Waals surface area contributed by atoms with Gasteiger partial charge in [0.15, 0.2) is 0 Å². The predicted octanol–water partition coefficient (Wildman–Crippen LogP) is 3.42. The Balaban J connectivity index is 2.15. The normalized spacial score (nSPS) is 11.0. The van der Waals surface area contributed by atoms with E-state index in [2.05, 4.69) is 34.7 Å². The molecule has 6 heteroatoms. The highest BCUT2D eigenvalue weighted by molar-refractivity contribution is 6.34. The third-order valence-electron chi connectivity index (χ3n) is 3.64. The van der Waals surface area contributed by atoms with Crippen LogP contribution in [0.3, 0.4) is 0 Å². The van der Waals surface area contributed by atoms with E-state index < -0.39 is 0 Å². The molecular formula is C16H18ClN5. The van der Waals surface area contributed by atoms with Gasteiger partial charge in [0.1, 0.15) is 5.69 Å². The second-order valence-electron chi connectivity index (χ2n) is 5.12. The Morgan fingerprint density at radius 1 is 1.32 bits per heavy atom. The van der Waals surface area contributed by atoms with E-state index in [4.69, 9.17) is 11.6 Å². The highest BCUT2D eigenvalue weighted by Crippen LogP contribution is 2.32. The van der Waals surface area contributed by atoms with Gasteiger partial charge in [-0.25, -0.2) is 4.68 Å². The quantitative estimate of drug-likeness (QED) is 0.677. The lowest BCUT2D eigenvalue weighted by Gasteiger charge is -2.22. The fraction of sp³-hybridized carbons (Fsp3) is 0.250. The van der Waals surface area contributed by atoms with Crippen LogP contribution in [0.2, 0.25) is 5.02 Å². The number of nitrogens with zero attached hydrogens (tertiary/aromatic N) is 5. The molecule has 0 aliphatic heterocycles. The van der Waals surface area contributed by atoms with Gasteiger partial charge in [0.25, 0.3) is 0 Å². The summed E-state index contributed by atoms with van der Waals surface area (Å²) in [6, 6.07) is 4.03. The molecule has 0 atom stereocenters. The van der Waals surface area contributed by atoms with Crippen molar-refractivity contribution in [3.63, 3.8) is 0 Å². The van der Waals surface area contributed by atoms with Crippen LogP contribution in [0.4, 0.5) is 5.69 Å². The van der Waals surface area contributed by atoms with E-state index in [1.165, 1.54) is 0 Å². The van der Waals surface area contributed by atoms with Crippen LogP contribution in [0.15, 0.2) is 43.4 Å². The lowest BCUT2D eigenvalue weighted by atomic mass is 10.2. The molecule has 3 aromatic rings. The van der Waals surface area contributed by atoms with Gasteiger partial charge < -0.3 is 4.90 Å². The topological polar surface area (TPSA) is 38.9 Å². The lowest BCUT2D eigenvalue weighted by molar-refractivity contribution is 0.766. The van der Waals surface area contributed by atoms with Crippen LogP contribution in [0.1, 0.15) is 6.92 Å². The summed E-state index contributed by atoms with van der Waals surface area (Å²) in [5, 5.41) is 10.4. The van der Waals surface area contributed by atoms with Crippen molar-refractivity contribution in [2.45, 2.75) is 6.92 Å². The Kier molecular flexibility index (Phi) is 3.90. The largest absolute Gasteiger partial charge is 0.367 e. The molecule has 0 aliphatic rings. The standard InChI is InChI=1S/C16H18ClN5/c1-4-6-21(5-2)16-8-15-12(7-14(16)17)9-19-22(15)13-10-18-20(3)11-13/h4,7-11H,1,5-6H2,2-3H3. The zero-order valence-electron chi connectivity index (χ0n) is 12.7. The fourth-order valence-electron chi connectivity index (χ4n) is 2.55. The Morgan fingerprint density at radius 3 is 2.77 bits per heavy atom. The van der Waals surface area contributed by atoms with Gasteiger partial charge in [0.2, 0.25) is 0 Å². The summed E-state index contributed by atoms with van der Waals surface area (Å²) in [5.74, 6) is 0. The first-order chi connectivity index (χ1) is 10.6. The molecule has 0 bridgehead atoms. The van der Waals surface area contributed by atoms with E-state index in [-0.39, 0.29) is 0 Å². The molecule has 0 saturated carbocycles. The second kappa shape index (κ2) is 5.85. The van der Waals surface area contributed by atoms with Gasteiger partial charge in [-0.1, -0.05) is 17.7 Å². The molecule has 0 aliphatic carbocycles. The van der Waals surface area contributed by atoms with Crippen molar-refractivity contribution in [1.29, 1.82) is 0 Å². The molecule has 5 nitrogen and oxygen atoms in total. The molecule has 114 valence electrons. The monoisotopic (exact) mass is 315 g/mol. The van der Waals surface area contributed by atoms with Gasteiger partial charge in [-0.3, -0.25) is 4.68 Å². The van der Waals surface area contributed by atoms with Gasteiger partial charge in [0, 0.05) is 25.5 Å². The summed E-state index contributed by atoms with van der Waals surface area (Å²) in [5.41, 5.74) is 2.93. The molecule has 22 heavy (non-hydrogen) atoms. The highest BCUT2D eigenvalue weighted by atomic mass is 35.5. The number of hydrogen-bond acceptors (Lipinski definition) is 3. The third-order valence-corrected chi connectivity index (χ3v) is 3.95. The maximum absolute atomic E-state index is 6.44. The summed E-state index contributed by atoms with van der Waals surface area (Å²) >= 11 is 6.44. The van der Waals surface area contributed by atoms with E-state index >= 15 is 0 Å². The summed E-state index contributed by atoms with van der Waals surface area (Å²) in [4.78, 5) is 2.18. The molecule has 3 rings (SSSR count). The molecule has 1 aromatic carbocycles. The van der Waals surface area contributed by atoms with Crippen molar-refractivity contribution in [1.82, 2.24) is 19.6 Å². The van der Waals surface area contributed by atoms with Crippen LogP contribution >= 0.6 is 11.6 Å². The Labute approximate surface area is 134 Å². The molecule has 0 amide bonds. The van der Waals surface area contributed by atoms with Crippen LogP contribution < -0.4 is 4.90 Å². The summed E-state index contributed by atoms with van der Waals surface area (Å²) in [7, 11) is 1.89. The van der Waals surface area contributed by atoms with Gasteiger partial charge in [-0.15, -0.1) is 6.58 Å². The Bertz CT molecular complexity index is 817. The van der Waals surface area contributed by atoms with E-state index in [9.17, 15) is 0 Å². The number of halogens is 1. The predicted molar refractivity (Wildman–Crippen MR) is 90.9 cm³/mol. The molecular weight excluding hydrogens is 298 g/mol. The van der Waals surface area contributed by atoms with E-state index in [0.717, 1.165) is 40.4 Å². The van der Waals surface area contributed by atoms with Gasteiger partial charge in [-0.05, 0) is 19.1 Å². The number of anilines is 1. The van der Waals surface area contributed by atoms with Crippen LogP contribution in [0.25, 0.3) is 16.6 Å². The van der Waals surface area contributed by atoms with Crippen LogP contribution in [0, 0.1) is 0 Å². The second-order valence-corrected chi connectivity index (χ2v) is 5.53.